The minimum atomic E-state index is -0.302. The second-order valence-electron chi connectivity index (χ2n) is 7.64. The van der Waals surface area contributed by atoms with Gasteiger partial charge in [0.25, 0.3) is 0 Å². The number of carbonyl (C=O) groups is 2. The molecule has 134 valence electrons. The van der Waals surface area contributed by atoms with E-state index in [4.69, 9.17) is 5.73 Å². The minimum absolute atomic E-state index is 0.0494. The highest BCUT2D eigenvalue weighted by atomic mass is 19.1. The second-order valence-corrected chi connectivity index (χ2v) is 7.64. The molecule has 3 fully saturated rings. The summed E-state index contributed by atoms with van der Waals surface area (Å²) in [5.74, 6) is 0.432. The zero-order valence-electron chi connectivity index (χ0n) is 14.2. The molecule has 2 aliphatic carbocycles. The zero-order chi connectivity index (χ0) is 17.6. The van der Waals surface area contributed by atoms with Gasteiger partial charge in [-0.2, -0.15) is 0 Å². The monoisotopic (exact) mass is 345 g/mol. The Bertz CT molecular complexity index is 693. The molecule has 0 radical (unpaired) electrons. The highest BCUT2D eigenvalue weighted by molar-refractivity contribution is 5.87. The third-order valence-corrected chi connectivity index (χ3v) is 6.16. The van der Waals surface area contributed by atoms with Gasteiger partial charge in [0.15, 0.2) is 0 Å². The normalized spacial score (nSPS) is 31.7. The molecule has 5 nitrogen and oxygen atoms in total. The number of nitrogens with two attached hydrogens (primary N) is 1. The van der Waals surface area contributed by atoms with Crippen molar-refractivity contribution in [3.63, 3.8) is 0 Å². The number of rotatable bonds is 3. The Labute approximate surface area is 147 Å². The van der Waals surface area contributed by atoms with Crippen molar-refractivity contribution in [2.75, 3.05) is 19.6 Å². The molecule has 0 unspecified atom stereocenters. The van der Waals surface area contributed by atoms with E-state index in [1.807, 2.05) is 6.07 Å². The van der Waals surface area contributed by atoms with E-state index in [2.05, 4.69) is 0 Å². The van der Waals surface area contributed by atoms with Crippen LogP contribution in [0.15, 0.2) is 24.3 Å². The van der Waals surface area contributed by atoms with Crippen LogP contribution in [0.1, 0.15) is 24.8 Å². The number of benzene rings is 1. The molecular formula is C19H24FN3O2. The van der Waals surface area contributed by atoms with Crippen LogP contribution < -0.4 is 5.73 Å². The van der Waals surface area contributed by atoms with Crippen LogP contribution in [-0.4, -0.2) is 47.3 Å². The number of hydrogen-bond donors (Lipinski definition) is 1. The van der Waals surface area contributed by atoms with Crippen LogP contribution >= 0.6 is 0 Å². The van der Waals surface area contributed by atoms with Crippen molar-refractivity contribution in [2.45, 2.75) is 31.8 Å². The molecule has 0 spiro atoms. The summed E-state index contributed by atoms with van der Waals surface area (Å²) in [6.07, 6.45) is 3.28. The second kappa shape index (κ2) is 6.41. The Balaban J connectivity index is 1.38. The van der Waals surface area contributed by atoms with E-state index in [9.17, 15) is 14.0 Å². The SMILES string of the molecule is N[C@@H]1[C@@H]2CC[C@@H](C2)[C@@H]1C(=O)N1CCN(Cc2cccc(F)c2)C(=O)C1. The maximum absolute atomic E-state index is 13.3. The molecule has 0 aromatic heterocycles. The van der Waals surface area contributed by atoms with Gasteiger partial charge >= 0.3 is 0 Å². The van der Waals surface area contributed by atoms with Crippen molar-refractivity contribution in [3.8, 4) is 0 Å². The Hall–Kier alpha value is -1.95. The third-order valence-electron chi connectivity index (χ3n) is 6.16. The summed E-state index contributed by atoms with van der Waals surface area (Å²) >= 11 is 0. The third kappa shape index (κ3) is 3.03. The van der Waals surface area contributed by atoms with E-state index in [1.165, 1.54) is 12.1 Å². The van der Waals surface area contributed by atoms with Crippen LogP contribution in [0.4, 0.5) is 4.39 Å². The summed E-state index contributed by atoms with van der Waals surface area (Å²) in [4.78, 5) is 28.7. The molecule has 2 bridgehead atoms. The first-order valence-corrected chi connectivity index (χ1v) is 9.09. The number of nitrogens with zero attached hydrogens (tertiary/aromatic N) is 2. The van der Waals surface area contributed by atoms with Gasteiger partial charge in [-0.25, -0.2) is 4.39 Å². The average molecular weight is 345 g/mol. The highest BCUT2D eigenvalue weighted by Gasteiger charge is 2.50. The molecule has 4 atom stereocenters. The van der Waals surface area contributed by atoms with Crippen LogP contribution in [0.3, 0.4) is 0 Å². The van der Waals surface area contributed by atoms with E-state index in [1.54, 1.807) is 15.9 Å². The van der Waals surface area contributed by atoms with E-state index in [-0.39, 0.29) is 36.1 Å². The number of piperazine rings is 1. The van der Waals surface area contributed by atoms with E-state index in [0.717, 1.165) is 24.8 Å². The first-order chi connectivity index (χ1) is 12.0. The van der Waals surface area contributed by atoms with Crippen LogP contribution in [0.25, 0.3) is 0 Å². The van der Waals surface area contributed by atoms with Crippen LogP contribution in [0, 0.1) is 23.6 Å². The molecule has 1 saturated heterocycles. The molecular weight excluding hydrogens is 321 g/mol. The molecule has 1 heterocycles. The summed E-state index contributed by atoms with van der Waals surface area (Å²) in [6.45, 7) is 1.50. The maximum Gasteiger partial charge on any atom is 0.242 e. The fourth-order valence-electron chi connectivity index (χ4n) is 4.83. The van der Waals surface area contributed by atoms with Crippen molar-refractivity contribution >= 4 is 11.8 Å². The number of fused-ring (bicyclic) bond motifs is 2. The predicted octanol–water partition coefficient (Wildman–Crippen LogP) is 1.37. The maximum atomic E-state index is 13.3. The Kier molecular flexibility index (Phi) is 4.23. The standard InChI is InChI=1S/C19H24FN3O2/c20-15-3-1-2-12(8-15)10-22-6-7-23(11-16(22)24)19(25)17-13-4-5-14(9-13)18(17)21/h1-3,8,13-14,17-18H,4-7,9-11,21H2/t13-,14+,17-,18+/m0/s1. The summed E-state index contributed by atoms with van der Waals surface area (Å²) in [5.41, 5.74) is 7.04. The molecule has 2 amide bonds. The van der Waals surface area contributed by atoms with Crippen LogP contribution in [-0.2, 0) is 16.1 Å². The fraction of sp³-hybridized carbons (Fsp3) is 0.579. The molecule has 3 aliphatic rings. The van der Waals surface area contributed by atoms with Gasteiger partial charge < -0.3 is 15.5 Å². The molecule has 4 rings (SSSR count). The smallest absolute Gasteiger partial charge is 0.242 e. The van der Waals surface area contributed by atoms with Crippen molar-refractivity contribution in [3.05, 3.63) is 35.6 Å². The van der Waals surface area contributed by atoms with E-state index in [0.29, 0.717) is 31.5 Å². The molecule has 2 saturated carbocycles. The van der Waals surface area contributed by atoms with Crippen molar-refractivity contribution < 1.29 is 14.0 Å². The summed E-state index contributed by atoms with van der Waals surface area (Å²) in [5, 5.41) is 0. The van der Waals surface area contributed by atoms with Crippen LogP contribution in [0.2, 0.25) is 0 Å². The van der Waals surface area contributed by atoms with Crippen molar-refractivity contribution in [1.29, 1.82) is 0 Å². The molecule has 2 N–H and O–H groups in total. The molecule has 1 aliphatic heterocycles. The quantitative estimate of drug-likeness (QED) is 0.900. The van der Waals surface area contributed by atoms with Crippen molar-refractivity contribution in [2.24, 2.45) is 23.5 Å². The van der Waals surface area contributed by atoms with Gasteiger partial charge in [0.05, 0.1) is 12.5 Å². The van der Waals surface area contributed by atoms with Crippen LogP contribution in [0.5, 0.6) is 0 Å². The van der Waals surface area contributed by atoms with E-state index >= 15 is 0 Å². The number of carbonyl (C=O) groups excluding carboxylic acids is 2. The highest BCUT2D eigenvalue weighted by Crippen LogP contribution is 2.48. The first kappa shape index (κ1) is 16.5. The van der Waals surface area contributed by atoms with Gasteiger partial charge in [0.1, 0.15) is 5.82 Å². The zero-order valence-corrected chi connectivity index (χ0v) is 14.2. The summed E-state index contributed by atoms with van der Waals surface area (Å²) in [6, 6.07) is 6.24. The van der Waals surface area contributed by atoms with Gasteiger partial charge in [-0.1, -0.05) is 12.1 Å². The lowest BCUT2D eigenvalue weighted by Gasteiger charge is -2.38. The molecule has 25 heavy (non-hydrogen) atoms. The minimum Gasteiger partial charge on any atom is -0.335 e. The van der Waals surface area contributed by atoms with Gasteiger partial charge in [-0.15, -0.1) is 0 Å². The number of hydrogen-bond acceptors (Lipinski definition) is 3. The largest absolute Gasteiger partial charge is 0.335 e. The lowest BCUT2D eigenvalue weighted by Crippen LogP contribution is -2.55. The van der Waals surface area contributed by atoms with Gasteiger partial charge in [-0.3, -0.25) is 9.59 Å². The van der Waals surface area contributed by atoms with Gasteiger partial charge in [-0.05, 0) is 48.8 Å². The Morgan fingerprint density at radius 1 is 1.24 bits per heavy atom. The first-order valence-electron chi connectivity index (χ1n) is 9.09. The number of halogens is 1. The summed E-state index contributed by atoms with van der Waals surface area (Å²) in [7, 11) is 0. The van der Waals surface area contributed by atoms with E-state index < -0.39 is 0 Å². The average Bonchev–Trinajstić information content (AvgIpc) is 3.17. The molecule has 1 aromatic rings. The van der Waals surface area contributed by atoms with Crippen molar-refractivity contribution in [1.82, 2.24) is 9.80 Å². The lowest BCUT2D eigenvalue weighted by molar-refractivity contribution is -0.149. The molecule has 6 heteroatoms. The van der Waals surface area contributed by atoms with Gasteiger partial charge in [0, 0.05) is 25.7 Å². The predicted molar refractivity (Wildman–Crippen MR) is 90.7 cm³/mol. The van der Waals surface area contributed by atoms with Gasteiger partial charge in [0.2, 0.25) is 11.8 Å². The topological polar surface area (TPSA) is 66.6 Å². The summed E-state index contributed by atoms with van der Waals surface area (Å²) < 4.78 is 13.3. The number of amides is 2. The lowest BCUT2D eigenvalue weighted by atomic mass is 9.84. The Morgan fingerprint density at radius 2 is 2.04 bits per heavy atom. The fourth-order valence-corrected chi connectivity index (χ4v) is 4.83. The Morgan fingerprint density at radius 3 is 2.72 bits per heavy atom. The molecule has 1 aromatic carbocycles.